The largest absolute Gasteiger partial charge is 0.465 e. The van der Waals surface area contributed by atoms with Gasteiger partial charge < -0.3 is 20.3 Å². The maximum atomic E-state index is 14.4. The molecule has 0 radical (unpaired) electrons. The quantitative estimate of drug-likeness (QED) is 0.291. The van der Waals surface area contributed by atoms with Gasteiger partial charge >= 0.3 is 0 Å². The van der Waals surface area contributed by atoms with Crippen LogP contribution >= 0.6 is 22.9 Å². The van der Waals surface area contributed by atoms with Crippen LogP contribution in [0.15, 0.2) is 54.6 Å². The van der Waals surface area contributed by atoms with Crippen molar-refractivity contribution in [2.75, 3.05) is 11.9 Å². The molecule has 4 aliphatic rings. The van der Waals surface area contributed by atoms with Gasteiger partial charge in [-0.3, -0.25) is 19.1 Å². The summed E-state index contributed by atoms with van der Waals surface area (Å²) in [5, 5.41) is 6.38. The van der Waals surface area contributed by atoms with E-state index in [1.807, 2.05) is 12.2 Å². The fraction of sp³-hybridized carbons (Fsp3) is 0.471. The summed E-state index contributed by atoms with van der Waals surface area (Å²) < 4.78 is 48.9. The van der Waals surface area contributed by atoms with Crippen LogP contribution in [0.2, 0.25) is 5.02 Å². The Hall–Kier alpha value is -3.75. The highest BCUT2D eigenvalue weighted by Gasteiger charge is 2.62. The van der Waals surface area contributed by atoms with E-state index in [9.17, 15) is 27.2 Å². The molecule has 3 heterocycles. The molecule has 260 valence electrons. The average Bonchev–Trinajstić information content (AvgIpc) is 3.95. The zero-order chi connectivity index (χ0) is 34.3. The highest BCUT2D eigenvalue weighted by molar-refractivity contribution is 7.91. The molecular weight excluding hydrogens is 693 g/mol. The molecule has 7 rings (SSSR count). The second-order valence-corrected chi connectivity index (χ2v) is 16.7. The Morgan fingerprint density at radius 2 is 1.96 bits per heavy atom. The Kier molecular flexibility index (Phi) is 9.31. The number of carbonyl (C=O) groups excluding carboxylic acids is 3. The second-order valence-electron chi connectivity index (χ2n) is 13.3. The number of allylic oxidation sites excluding steroid dienone is 1. The Labute approximate surface area is 292 Å². The molecule has 0 unspecified atom stereocenters. The lowest BCUT2D eigenvalue weighted by atomic mass is 10.0. The Morgan fingerprint density at radius 1 is 1.12 bits per heavy atom. The van der Waals surface area contributed by atoms with Crippen molar-refractivity contribution in [1.82, 2.24) is 19.9 Å². The molecule has 11 nitrogen and oxygen atoms in total. The third-order valence-electron chi connectivity index (χ3n) is 9.61. The van der Waals surface area contributed by atoms with E-state index in [-0.39, 0.29) is 25.3 Å². The van der Waals surface area contributed by atoms with E-state index in [0.29, 0.717) is 47.1 Å². The molecule has 2 aliphatic heterocycles. The maximum absolute atomic E-state index is 14.4. The predicted octanol–water partition coefficient (Wildman–Crippen LogP) is 4.92. The number of thiazole rings is 1. The number of fused-ring (bicyclic) bond motifs is 3. The number of nitrogens with one attached hydrogen (secondary N) is 3. The minimum atomic E-state index is -3.86. The lowest BCUT2D eigenvalue weighted by molar-refractivity contribution is -0.140. The monoisotopic (exact) mass is 729 g/mol. The van der Waals surface area contributed by atoms with E-state index in [0.717, 1.165) is 24.0 Å². The Balaban J connectivity index is 1.18. The van der Waals surface area contributed by atoms with Crippen LogP contribution in [-0.2, 0) is 24.4 Å². The van der Waals surface area contributed by atoms with E-state index < -0.39 is 62.5 Å². The van der Waals surface area contributed by atoms with Gasteiger partial charge in [0.2, 0.25) is 21.8 Å². The summed E-state index contributed by atoms with van der Waals surface area (Å²) in [7, 11) is -3.86. The van der Waals surface area contributed by atoms with Crippen molar-refractivity contribution in [2.24, 2.45) is 5.92 Å². The van der Waals surface area contributed by atoms with Crippen LogP contribution in [0.25, 0.3) is 10.2 Å². The summed E-state index contributed by atoms with van der Waals surface area (Å²) >= 11 is 7.46. The molecule has 2 aromatic carbocycles. The summed E-state index contributed by atoms with van der Waals surface area (Å²) in [4.78, 5) is 48.2. The molecule has 3 fully saturated rings. The van der Waals surface area contributed by atoms with Crippen LogP contribution in [0.4, 0.5) is 10.1 Å². The van der Waals surface area contributed by atoms with Gasteiger partial charge in [-0.2, -0.15) is 0 Å². The van der Waals surface area contributed by atoms with Gasteiger partial charge in [-0.25, -0.2) is 17.8 Å². The average molecular weight is 730 g/mol. The van der Waals surface area contributed by atoms with E-state index in [2.05, 4.69) is 20.3 Å². The number of aromatic nitrogens is 1. The molecule has 2 aliphatic carbocycles. The van der Waals surface area contributed by atoms with Gasteiger partial charge in [-0.1, -0.05) is 54.0 Å². The molecule has 1 aromatic heterocycles. The number of rotatable bonds is 7. The summed E-state index contributed by atoms with van der Waals surface area (Å²) in [6, 6.07) is 9.39. The summed E-state index contributed by atoms with van der Waals surface area (Å²) in [6.07, 6.45) is 8.08. The standard InChI is InChI=1S/C34H37ClFN5O6S2/c35-21-11-14-26-29(15-21)48-33(38-26)47-24-17-28-30(42)39-34(32(44)40-49(45,46)25-12-13-25)18-20(34)7-4-2-1-3-5-10-27(31(43)41(28)19-24)37-23-9-6-8-22(36)16-23/h4,6-9,11,14-16,20,24-25,27-28,37H,1-3,5,10,12-13,17-19H2,(H,39,42)(H,40,44)/b7-4-/t20-,24-,27+,28+,34-/m1/s1. The van der Waals surface area contributed by atoms with Crippen molar-refractivity contribution < 1.29 is 31.9 Å². The fourth-order valence-corrected chi connectivity index (χ4v) is 9.22. The first-order valence-corrected chi connectivity index (χ1v) is 19.3. The summed E-state index contributed by atoms with van der Waals surface area (Å²) in [5.41, 5.74) is -0.324. The van der Waals surface area contributed by atoms with E-state index in [1.54, 1.807) is 30.3 Å². The molecule has 15 heteroatoms. The highest BCUT2D eigenvalue weighted by atomic mass is 35.5. The van der Waals surface area contributed by atoms with Crippen molar-refractivity contribution in [3.8, 4) is 5.19 Å². The smallest absolute Gasteiger partial charge is 0.274 e. The number of hydrogen-bond donors (Lipinski definition) is 3. The minimum Gasteiger partial charge on any atom is -0.465 e. The normalized spacial score (nSPS) is 28.4. The minimum absolute atomic E-state index is 0.0630. The van der Waals surface area contributed by atoms with Crippen LogP contribution in [0.3, 0.4) is 0 Å². The second kappa shape index (κ2) is 13.5. The van der Waals surface area contributed by atoms with Crippen molar-refractivity contribution in [3.63, 3.8) is 0 Å². The summed E-state index contributed by atoms with van der Waals surface area (Å²) in [6.45, 7) is 0.0630. The maximum Gasteiger partial charge on any atom is 0.274 e. The summed E-state index contributed by atoms with van der Waals surface area (Å²) in [5.74, 6) is -2.55. The topological polar surface area (TPSA) is 147 Å². The molecule has 0 spiro atoms. The van der Waals surface area contributed by atoms with Crippen LogP contribution in [0.5, 0.6) is 5.19 Å². The van der Waals surface area contributed by atoms with Crippen molar-refractivity contribution in [1.29, 1.82) is 0 Å². The number of sulfonamides is 1. The SMILES string of the molecule is O=C1N[C@]2(C(=O)NS(=O)(=O)C3CC3)C[C@H]2/C=C\CCCCC[C@H](Nc2cccc(F)c2)C(=O)N2C[C@H](Oc3nc4ccc(Cl)cc4s3)C[C@@H]12. The van der Waals surface area contributed by atoms with Gasteiger partial charge in [-0.05, 0) is 74.9 Å². The highest BCUT2D eigenvalue weighted by Crippen LogP contribution is 2.46. The van der Waals surface area contributed by atoms with Crippen molar-refractivity contribution in [2.45, 2.75) is 86.8 Å². The molecule has 5 atom stereocenters. The number of ether oxygens (including phenoxy) is 1. The zero-order valence-corrected chi connectivity index (χ0v) is 29.0. The molecular formula is C34H37ClFN5O6S2. The van der Waals surface area contributed by atoms with Crippen molar-refractivity contribution >= 4 is 66.6 Å². The molecule has 3 aromatic rings. The van der Waals surface area contributed by atoms with Gasteiger partial charge in [0.05, 0.1) is 22.0 Å². The van der Waals surface area contributed by atoms with Gasteiger partial charge in [0.15, 0.2) is 0 Å². The molecule has 1 saturated heterocycles. The van der Waals surface area contributed by atoms with Crippen LogP contribution in [0, 0.1) is 11.7 Å². The Bertz CT molecular complexity index is 1920. The zero-order valence-electron chi connectivity index (χ0n) is 26.6. The first-order chi connectivity index (χ1) is 23.5. The number of anilines is 1. The van der Waals surface area contributed by atoms with Crippen LogP contribution in [-0.4, -0.2) is 71.5 Å². The third-order valence-corrected chi connectivity index (χ3v) is 12.6. The molecule has 2 saturated carbocycles. The lowest BCUT2D eigenvalue weighted by Crippen LogP contribution is -2.57. The van der Waals surface area contributed by atoms with Gasteiger partial charge in [0.25, 0.3) is 11.1 Å². The number of amides is 3. The number of benzene rings is 2. The fourth-order valence-electron chi connectivity index (χ4n) is 6.70. The first-order valence-electron chi connectivity index (χ1n) is 16.6. The molecule has 49 heavy (non-hydrogen) atoms. The van der Waals surface area contributed by atoms with Gasteiger partial charge in [-0.15, -0.1) is 0 Å². The van der Waals surface area contributed by atoms with E-state index in [4.69, 9.17) is 16.3 Å². The number of halogens is 2. The molecule has 3 amide bonds. The predicted molar refractivity (Wildman–Crippen MR) is 184 cm³/mol. The first kappa shape index (κ1) is 33.7. The third kappa shape index (κ3) is 7.41. The van der Waals surface area contributed by atoms with Crippen LogP contribution < -0.4 is 20.1 Å². The van der Waals surface area contributed by atoms with E-state index in [1.165, 1.54) is 28.4 Å². The molecule has 3 N–H and O–H groups in total. The lowest BCUT2D eigenvalue weighted by Gasteiger charge is -2.30. The Morgan fingerprint density at radius 3 is 2.76 bits per heavy atom. The van der Waals surface area contributed by atoms with Gasteiger partial charge in [0.1, 0.15) is 29.5 Å². The van der Waals surface area contributed by atoms with Crippen molar-refractivity contribution in [3.05, 3.63) is 65.5 Å². The van der Waals surface area contributed by atoms with Crippen LogP contribution in [0.1, 0.15) is 57.8 Å². The van der Waals surface area contributed by atoms with Gasteiger partial charge in [0, 0.05) is 23.0 Å². The number of hydrogen-bond acceptors (Lipinski definition) is 9. The number of carbonyl (C=O) groups is 3. The molecule has 0 bridgehead atoms. The van der Waals surface area contributed by atoms with E-state index >= 15 is 0 Å². The number of nitrogens with zero attached hydrogens (tertiary/aromatic N) is 2.